The van der Waals surface area contributed by atoms with Gasteiger partial charge in [-0.05, 0) is 15.9 Å². The van der Waals surface area contributed by atoms with E-state index >= 15 is 0 Å². The molecular weight excluding hydrogens is 226 g/mol. The van der Waals surface area contributed by atoms with Gasteiger partial charge in [0.15, 0.2) is 4.60 Å². The molecule has 0 spiro atoms. The average Bonchev–Trinajstić information content (AvgIpc) is 2.34. The Bertz CT molecular complexity index is 321. The molecule has 1 heterocycles. The van der Waals surface area contributed by atoms with Gasteiger partial charge in [-0.25, -0.2) is 4.68 Å². The van der Waals surface area contributed by atoms with Crippen molar-refractivity contribution in [3.63, 3.8) is 0 Å². The number of hydrogen-bond donors (Lipinski definition) is 0. The van der Waals surface area contributed by atoms with Crippen molar-refractivity contribution in [3.05, 3.63) is 33.6 Å². The highest BCUT2D eigenvalue weighted by molar-refractivity contribution is 9.10. The van der Waals surface area contributed by atoms with Gasteiger partial charge in [-0.1, -0.05) is 6.08 Å². The minimum atomic E-state index is -0.489. The molecule has 0 aliphatic heterocycles. The zero-order chi connectivity index (χ0) is 9.14. The maximum atomic E-state index is 10.3. The van der Waals surface area contributed by atoms with Crippen LogP contribution < -0.4 is 0 Å². The largest absolute Gasteiger partial charge is 0.321 e. The van der Waals surface area contributed by atoms with Crippen LogP contribution in [0.1, 0.15) is 0 Å². The van der Waals surface area contributed by atoms with E-state index in [1.54, 1.807) is 6.08 Å². The van der Waals surface area contributed by atoms with Crippen molar-refractivity contribution >= 4 is 21.6 Å². The van der Waals surface area contributed by atoms with Crippen LogP contribution in [0.4, 0.5) is 5.69 Å². The van der Waals surface area contributed by atoms with Gasteiger partial charge < -0.3 is 0 Å². The second-order valence-corrected chi connectivity index (χ2v) is 2.80. The zero-order valence-corrected chi connectivity index (χ0v) is 7.69. The lowest BCUT2D eigenvalue weighted by molar-refractivity contribution is -0.385. The molecule has 0 saturated carbocycles. The Kier molecular flexibility index (Phi) is 2.59. The van der Waals surface area contributed by atoms with E-state index < -0.39 is 4.92 Å². The predicted octanol–water partition coefficient (Wildman–Crippen LogP) is 1.74. The maximum Gasteiger partial charge on any atom is 0.321 e. The second kappa shape index (κ2) is 3.48. The van der Waals surface area contributed by atoms with Gasteiger partial charge in [-0.2, -0.15) is 5.10 Å². The van der Waals surface area contributed by atoms with Crippen molar-refractivity contribution in [2.45, 2.75) is 6.54 Å². The third-order valence-electron chi connectivity index (χ3n) is 1.26. The van der Waals surface area contributed by atoms with Crippen LogP contribution in [0.15, 0.2) is 23.5 Å². The fourth-order valence-corrected chi connectivity index (χ4v) is 1.22. The van der Waals surface area contributed by atoms with Crippen molar-refractivity contribution in [2.24, 2.45) is 0 Å². The van der Waals surface area contributed by atoms with Crippen molar-refractivity contribution in [1.82, 2.24) is 9.78 Å². The molecule has 0 unspecified atom stereocenters. The third-order valence-corrected chi connectivity index (χ3v) is 2.07. The van der Waals surface area contributed by atoms with Crippen LogP contribution in [0.2, 0.25) is 0 Å². The third kappa shape index (κ3) is 1.53. The van der Waals surface area contributed by atoms with Gasteiger partial charge in [-0.15, -0.1) is 6.58 Å². The quantitative estimate of drug-likeness (QED) is 0.453. The summed E-state index contributed by atoms with van der Waals surface area (Å²) in [4.78, 5) is 9.85. The molecular formula is C6H6BrN3O2. The van der Waals surface area contributed by atoms with E-state index in [-0.39, 0.29) is 5.69 Å². The lowest BCUT2D eigenvalue weighted by atomic mass is 10.6. The van der Waals surface area contributed by atoms with Gasteiger partial charge in [0, 0.05) is 0 Å². The van der Waals surface area contributed by atoms with Crippen LogP contribution in [0.3, 0.4) is 0 Å². The minimum absolute atomic E-state index is 0.0307. The number of allylic oxidation sites excluding steroid dienone is 1. The number of hydrogen-bond acceptors (Lipinski definition) is 3. The Morgan fingerprint density at radius 2 is 2.58 bits per heavy atom. The number of nitrogens with zero attached hydrogens (tertiary/aromatic N) is 3. The Labute approximate surface area is 77.0 Å². The molecule has 0 bridgehead atoms. The summed E-state index contributed by atoms with van der Waals surface area (Å²) < 4.78 is 1.82. The molecule has 0 aromatic carbocycles. The molecule has 0 fully saturated rings. The Balaban J connectivity index is 3.03. The van der Waals surface area contributed by atoms with Crippen molar-refractivity contribution in [1.29, 1.82) is 0 Å². The van der Waals surface area contributed by atoms with Crippen molar-refractivity contribution in [3.8, 4) is 0 Å². The molecule has 0 aliphatic rings. The van der Waals surface area contributed by atoms with Gasteiger partial charge >= 0.3 is 5.69 Å². The Morgan fingerprint density at radius 3 is 3.00 bits per heavy atom. The summed E-state index contributed by atoms with van der Waals surface area (Å²) in [6.07, 6.45) is 2.81. The van der Waals surface area contributed by atoms with Crippen LogP contribution in [0.5, 0.6) is 0 Å². The summed E-state index contributed by atoms with van der Waals surface area (Å²) in [5, 5.41) is 14.1. The molecule has 0 aliphatic carbocycles. The summed E-state index contributed by atoms with van der Waals surface area (Å²) in [6.45, 7) is 3.95. The fraction of sp³-hybridized carbons (Fsp3) is 0.167. The summed E-state index contributed by atoms with van der Waals surface area (Å²) in [5.74, 6) is 0. The molecule has 1 aromatic heterocycles. The van der Waals surface area contributed by atoms with Crippen LogP contribution >= 0.6 is 15.9 Å². The van der Waals surface area contributed by atoms with Gasteiger partial charge in [0.2, 0.25) is 0 Å². The molecule has 0 radical (unpaired) electrons. The van der Waals surface area contributed by atoms with E-state index in [4.69, 9.17) is 0 Å². The first-order valence-electron chi connectivity index (χ1n) is 3.13. The van der Waals surface area contributed by atoms with Crippen LogP contribution in [-0.4, -0.2) is 14.7 Å². The summed E-state index contributed by atoms with van der Waals surface area (Å²) in [6, 6.07) is 0. The highest BCUT2D eigenvalue weighted by atomic mass is 79.9. The first kappa shape index (κ1) is 8.92. The van der Waals surface area contributed by atoms with Crippen molar-refractivity contribution < 1.29 is 4.92 Å². The molecule has 1 rings (SSSR count). The van der Waals surface area contributed by atoms with Crippen LogP contribution in [-0.2, 0) is 6.54 Å². The minimum Gasteiger partial charge on any atom is -0.258 e. The van der Waals surface area contributed by atoms with Crippen molar-refractivity contribution in [2.75, 3.05) is 0 Å². The van der Waals surface area contributed by atoms with Gasteiger partial charge in [0.05, 0.1) is 11.5 Å². The summed E-state index contributed by atoms with van der Waals surface area (Å²) in [7, 11) is 0. The number of aromatic nitrogens is 2. The molecule has 64 valence electrons. The highest BCUT2D eigenvalue weighted by Crippen LogP contribution is 2.23. The standard InChI is InChI=1S/C6H6BrN3O2/c1-2-3-9-6(7)5(4-8-9)10(11)12/h2,4H,1,3H2. The molecule has 0 N–H and O–H groups in total. The van der Waals surface area contributed by atoms with Gasteiger partial charge in [0.1, 0.15) is 6.20 Å². The fourth-order valence-electron chi connectivity index (χ4n) is 0.733. The molecule has 5 nitrogen and oxygen atoms in total. The lowest BCUT2D eigenvalue weighted by Gasteiger charge is -1.94. The molecule has 0 atom stereocenters. The summed E-state index contributed by atoms with van der Waals surface area (Å²) >= 11 is 3.06. The van der Waals surface area contributed by atoms with E-state index in [0.717, 1.165) is 0 Å². The van der Waals surface area contributed by atoms with Crippen LogP contribution in [0, 0.1) is 10.1 Å². The van der Waals surface area contributed by atoms with E-state index in [1.165, 1.54) is 10.9 Å². The topological polar surface area (TPSA) is 61.0 Å². The van der Waals surface area contributed by atoms with E-state index in [0.29, 0.717) is 11.1 Å². The number of rotatable bonds is 3. The van der Waals surface area contributed by atoms with Gasteiger partial charge in [0.25, 0.3) is 0 Å². The first-order chi connectivity index (χ1) is 5.66. The lowest BCUT2D eigenvalue weighted by Crippen LogP contribution is -1.97. The predicted molar refractivity (Wildman–Crippen MR) is 46.8 cm³/mol. The van der Waals surface area contributed by atoms with Crippen LogP contribution in [0.25, 0.3) is 0 Å². The van der Waals surface area contributed by atoms with E-state index in [9.17, 15) is 10.1 Å². The monoisotopic (exact) mass is 231 g/mol. The number of nitro groups is 1. The molecule has 6 heteroatoms. The smallest absolute Gasteiger partial charge is 0.258 e. The number of halogens is 1. The summed E-state index contributed by atoms with van der Waals surface area (Å²) in [5.41, 5.74) is -0.0307. The Morgan fingerprint density at radius 1 is 1.92 bits per heavy atom. The average molecular weight is 232 g/mol. The normalized spacial score (nSPS) is 9.75. The molecule has 12 heavy (non-hydrogen) atoms. The SMILES string of the molecule is C=CCn1ncc([N+](=O)[O-])c1Br. The molecule has 0 amide bonds. The maximum absolute atomic E-state index is 10.3. The van der Waals surface area contributed by atoms with E-state index in [2.05, 4.69) is 27.6 Å². The van der Waals surface area contributed by atoms with Gasteiger partial charge in [-0.3, -0.25) is 10.1 Å². The second-order valence-electron chi connectivity index (χ2n) is 2.05. The molecule has 1 aromatic rings. The highest BCUT2D eigenvalue weighted by Gasteiger charge is 2.16. The first-order valence-corrected chi connectivity index (χ1v) is 3.92. The Hall–Kier alpha value is -1.17. The zero-order valence-electron chi connectivity index (χ0n) is 6.11. The van der Waals surface area contributed by atoms with E-state index in [1.807, 2.05) is 0 Å². The molecule has 0 saturated heterocycles.